The Kier molecular flexibility index (Phi) is 5.90. The third-order valence-electron chi connectivity index (χ3n) is 3.58. The highest BCUT2D eigenvalue weighted by atomic mass is 19.4. The Morgan fingerprint density at radius 1 is 1.19 bits per heavy atom. The zero-order chi connectivity index (χ0) is 19.5. The molecule has 1 aromatic heterocycles. The minimum Gasteiger partial charge on any atom is -0.477 e. The van der Waals surface area contributed by atoms with Crippen LogP contribution in [-0.4, -0.2) is 24.7 Å². The second-order valence-corrected chi connectivity index (χ2v) is 6.30. The first kappa shape index (κ1) is 19.8. The average Bonchev–Trinajstić information content (AvgIpc) is 2.58. The van der Waals surface area contributed by atoms with Crippen molar-refractivity contribution in [3.05, 3.63) is 47.0 Å². The Bertz CT molecular complexity index is 784. The molecule has 26 heavy (non-hydrogen) atoms. The van der Waals surface area contributed by atoms with Gasteiger partial charge >= 0.3 is 12.1 Å². The lowest BCUT2D eigenvalue weighted by Crippen LogP contribution is -2.18. The van der Waals surface area contributed by atoms with Gasteiger partial charge in [0, 0.05) is 5.56 Å². The number of alkyl halides is 3. The lowest BCUT2D eigenvalue weighted by atomic mass is 10.0. The van der Waals surface area contributed by atoms with Crippen molar-refractivity contribution < 1.29 is 27.4 Å². The van der Waals surface area contributed by atoms with Gasteiger partial charge < -0.3 is 9.47 Å². The van der Waals surface area contributed by atoms with E-state index < -0.39 is 23.3 Å². The zero-order valence-electron chi connectivity index (χ0n) is 15.0. The van der Waals surface area contributed by atoms with E-state index in [1.54, 1.807) is 24.3 Å². The van der Waals surface area contributed by atoms with Crippen LogP contribution >= 0.6 is 0 Å². The summed E-state index contributed by atoms with van der Waals surface area (Å²) >= 11 is 0. The number of ether oxygens (including phenoxy) is 2. The predicted octanol–water partition coefficient (Wildman–Crippen LogP) is 4.90. The number of hydrogen-bond donors (Lipinski definition) is 0. The quantitative estimate of drug-likeness (QED) is 0.706. The van der Waals surface area contributed by atoms with Gasteiger partial charge in [0.2, 0.25) is 5.88 Å². The van der Waals surface area contributed by atoms with Gasteiger partial charge in [-0.2, -0.15) is 13.2 Å². The molecule has 2 aromatic rings. The van der Waals surface area contributed by atoms with Gasteiger partial charge in [-0.25, -0.2) is 9.78 Å². The first-order chi connectivity index (χ1) is 12.1. The Balaban J connectivity index is 2.69. The summed E-state index contributed by atoms with van der Waals surface area (Å²) in [5.41, 5.74) is -0.312. The Labute approximate surface area is 150 Å². The number of benzene rings is 1. The van der Waals surface area contributed by atoms with E-state index in [1.165, 1.54) is 0 Å². The topological polar surface area (TPSA) is 48.4 Å². The van der Waals surface area contributed by atoms with Gasteiger partial charge in [0.25, 0.3) is 0 Å². The van der Waals surface area contributed by atoms with Gasteiger partial charge in [0.05, 0.1) is 25.0 Å². The molecule has 0 amide bonds. The number of esters is 1. The molecule has 0 unspecified atom stereocenters. The number of rotatable bonds is 5. The van der Waals surface area contributed by atoms with Crippen LogP contribution in [0.15, 0.2) is 30.3 Å². The van der Waals surface area contributed by atoms with Crippen LogP contribution < -0.4 is 4.74 Å². The van der Waals surface area contributed by atoms with E-state index in [-0.39, 0.29) is 24.1 Å². The number of aryl methyl sites for hydroxylation is 1. The Morgan fingerprint density at radius 3 is 2.31 bits per heavy atom. The van der Waals surface area contributed by atoms with Crippen molar-refractivity contribution >= 4 is 5.97 Å². The summed E-state index contributed by atoms with van der Waals surface area (Å²) < 4.78 is 50.7. The predicted molar refractivity (Wildman–Crippen MR) is 91.1 cm³/mol. The second-order valence-electron chi connectivity index (χ2n) is 6.30. The molecule has 4 nitrogen and oxygen atoms in total. The van der Waals surface area contributed by atoms with Crippen molar-refractivity contribution in [1.82, 2.24) is 4.98 Å². The molecule has 7 heteroatoms. The molecule has 1 aromatic carbocycles. The Hall–Kier alpha value is -2.57. The highest BCUT2D eigenvalue weighted by Gasteiger charge is 2.39. The Morgan fingerprint density at radius 2 is 1.81 bits per heavy atom. The number of carbonyl (C=O) groups is 1. The highest BCUT2D eigenvalue weighted by molar-refractivity contribution is 5.94. The summed E-state index contributed by atoms with van der Waals surface area (Å²) in [5.74, 6) is -1.48. The molecule has 0 atom stereocenters. The van der Waals surface area contributed by atoms with Gasteiger partial charge in [0.15, 0.2) is 0 Å². The van der Waals surface area contributed by atoms with Crippen molar-refractivity contribution in [3.63, 3.8) is 0 Å². The van der Waals surface area contributed by atoms with Crippen LogP contribution in [0.4, 0.5) is 13.2 Å². The molecule has 1 heterocycles. The van der Waals surface area contributed by atoms with Crippen LogP contribution in [0.2, 0.25) is 0 Å². The first-order valence-electron chi connectivity index (χ1n) is 8.04. The van der Waals surface area contributed by atoms with Gasteiger partial charge in [-0.3, -0.25) is 0 Å². The van der Waals surface area contributed by atoms with Gasteiger partial charge in [-0.15, -0.1) is 0 Å². The van der Waals surface area contributed by atoms with Crippen molar-refractivity contribution in [3.8, 4) is 17.1 Å². The number of nitrogens with zero attached hydrogens (tertiary/aromatic N) is 1. The molecule has 0 saturated carbocycles. The van der Waals surface area contributed by atoms with Crippen LogP contribution in [0.3, 0.4) is 0 Å². The number of pyridine rings is 1. The van der Waals surface area contributed by atoms with E-state index in [9.17, 15) is 18.0 Å². The molecule has 0 aliphatic heterocycles. The minimum atomic E-state index is -4.76. The van der Waals surface area contributed by atoms with Crippen LogP contribution in [0.25, 0.3) is 11.3 Å². The molecular formula is C19H20F3NO3. The van der Waals surface area contributed by atoms with Gasteiger partial charge in [-0.05, 0) is 18.9 Å². The number of halogens is 3. The van der Waals surface area contributed by atoms with E-state index in [2.05, 4.69) is 9.72 Å². The van der Waals surface area contributed by atoms with Crippen molar-refractivity contribution in [2.24, 2.45) is 5.92 Å². The van der Waals surface area contributed by atoms with E-state index in [4.69, 9.17) is 4.74 Å². The monoisotopic (exact) mass is 367 g/mol. The van der Waals surface area contributed by atoms with Gasteiger partial charge in [0.1, 0.15) is 5.56 Å². The summed E-state index contributed by atoms with van der Waals surface area (Å²) in [4.78, 5) is 16.2. The fraction of sp³-hybridized carbons (Fsp3) is 0.368. The van der Waals surface area contributed by atoms with E-state index in [0.29, 0.717) is 5.56 Å². The van der Waals surface area contributed by atoms with E-state index in [0.717, 1.165) is 18.7 Å². The van der Waals surface area contributed by atoms with Crippen molar-refractivity contribution in [1.29, 1.82) is 0 Å². The lowest BCUT2D eigenvalue weighted by molar-refractivity contribution is -0.138. The molecule has 2 rings (SSSR count). The molecule has 0 fully saturated rings. The number of carbonyl (C=O) groups excluding carboxylic acids is 1. The molecule has 0 bridgehead atoms. The molecule has 0 N–H and O–H groups in total. The van der Waals surface area contributed by atoms with Crippen LogP contribution in [-0.2, 0) is 10.9 Å². The van der Waals surface area contributed by atoms with Gasteiger partial charge in [-0.1, -0.05) is 43.7 Å². The molecule has 0 radical (unpaired) electrons. The number of hydrogen-bond acceptors (Lipinski definition) is 4. The van der Waals surface area contributed by atoms with E-state index >= 15 is 0 Å². The molecule has 0 aliphatic carbocycles. The second kappa shape index (κ2) is 7.76. The molecule has 140 valence electrons. The summed E-state index contributed by atoms with van der Waals surface area (Å²) in [6.45, 7) is 5.67. The smallest absolute Gasteiger partial charge is 0.417 e. The fourth-order valence-corrected chi connectivity index (χ4v) is 2.27. The maximum atomic E-state index is 13.6. The normalized spacial score (nSPS) is 11.5. The fourth-order valence-electron chi connectivity index (χ4n) is 2.27. The summed E-state index contributed by atoms with van der Waals surface area (Å²) in [6.07, 6.45) is -4.76. The number of aromatic nitrogens is 1. The third-order valence-corrected chi connectivity index (χ3v) is 3.58. The highest BCUT2D eigenvalue weighted by Crippen LogP contribution is 2.38. The maximum Gasteiger partial charge on any atom is 0.417 e. The van der Waals surface area contributed by atoms with Crippen LogP contribution in [0.1, 0.15) is 35.3 Å². The van der Waals surface area contributed by atoms with Crippen LogP contribution in [0.5, 0.6) is 5.88 Å². The zero-order valence-corrected chi connectivity index (χ0v) is 15.0. The molecule has 0 aliphatic rings. The molecule has 0 spiro atoms. The lowest BCUT2D eigenvalue weighted by Gasteiger charge is -2.18. The minimum absolute atomic E-state index is 0.0414. The summed E-state index contributed by atoms with van der Waals surface area (Å²) in [7, 11) is 1.02. The first-order valence-corrected chi connectivity index (χ1v) is 8.04. The third kappa shape index (κ3) is 4.53. The van der Waals surface area contributed by atoms with Crippen molar-refractivity contribution in [2.75, 3.05) is 13.7 Å². The SMILES string of the molecule is COC(=O)c1c(C(F)(F)F)cc(-c2ccc(C)cc2)nc1OCC(C)C. The standard InChI is InChI=1S/C19H20F3NO3/c1-11(2)10-26-17-16(18(24)25-4)14(19(20,21)22)9-15(23-17)13-7-5-12(3)6-8-13/h5-9,11H,10H2,1-4H3. The molecular weight excluding hydrogens is 347 g/mol. The largest absolute Gasteiger partial charge is 0.477 e. The van der Waals surface area contributed by atoms with Crippen LogP contribution in [0, 0.1) is 12.8 Å². The maximum absolute atomic E-state index is 13.6. The molecule has 0 saturated heterocycles. The number of methoxy groups -OCH3 is 1. The summed E-state index contributed by atoms with van der Waals surface area (Å²) in [5, 5.41) is 0. The average molecular weight is 367 g/mol. The van der Waals surface area contributed by atoms with E-state index in [1.807, 2.05) is 20.8 Å². The van der Waals surface area contributed by atoms with Crippen molar-refractivity contribution in [2.45, 2.75) is 26.9 Å². The summed E-state index contributed by atoms with van der Waals surface area (Å²) in [6, 6.07) is 7.73.